The van der Waals surface area contributed by atoms with Crippen LogP contribution in [-0.2, 0) is 4.79 Å². The standard InChI is InChI=1S/C6H14N2O/c1-7-5-4-6(9)8(2)3/h7H,4-5H2,1-3H3. The molecular formula is C6H14N2O. The van der Waals surface area contributed by atoms with Crippen molar-refractivity contribution in [1.29, 1.82) is 0 Å². The Morgan fingerprint density at radius 1 is 1.56 bits per heavy atom. The first-order valence-corrected chi connectivity index (χ1v) is 3.03. The predicted molar refractivity (Wildman–Crippen MR) is 37.2 cm³/mol. The Bertz CT molecular complexity index is 91.1. The molecule has 0 bridgehead atoms. The average Bonchev–Trinajstić information content (AvgIpc) is 1.82. The summed E-state index contributed by atoms with van der Waals surface area (Å²) < 4.78 is 0. The molecule has 0 rings (SSSR count). The third-order valence-electron chi connectivity index (χ3n) is 1.09. The van der Waals surface area contributed by atoms with Crippen molar-refractivity contribution in [2.24, 2.45) is 0 Å². The fourth-order valence-corrected chi connectivity index (χ4v) is 0.456. The summed E-state index contributed by atoms with van der Waals surface area (Å²) in [6, 6.07) is 0. The molecule has 9 heavy (non-hydrogen) atoms. The second-order valence-electron chi connectivity index (χ2n) is 2.14. The second-order valence-corrected chi connectivity index (χ2v) is 2.14. The van der Waals surface area contributed by atoms with E-state index in [1.807, 2.05) is 7.05 Å². The van der Waals surface area contributed by atoms with Crippen molar-refractivity contribution in [3.63, 3.8) is 0 Å². The Balaban J connectivity index is 3.28. The van der Waals surface area contributed by atoms with Gasteiger partial charge in [-0.15, -0.1) is 0 Å². The SMILES string of the molecule is CNCCC(=O)N(C)C. The number of carbonyl (C=O) groups is 1. The van der Waals surface area contributed by atoms with E-state index in [-0.39, 0.29) is 5.91 Å². The largest absolute Gasteiger partial charge is 0.349 e. The number of hydrogen-bond donors (Lipinski definition) is 1. The fraction of sp³-hybridized carbons (Fsp3) is 0.833. The van der Waals surface area contributed by atoms with Gasteiger partial charge in [0.2, 0.25) is 5.91 Å². The molecule has 0 radical (unpaired) electrons. The van der Waals surface area contributed by atoms with E-state index in [4.69, 9.17) is 0 Å². The minimum absolute atomic E-state index is 0.171. The number of nitrogens with one attached hydrogen (secondary N) is 1. The summed E-state index contributed by atoms with van der Waals surface area (Å²) in [6.07, 6.45) is 0.587. The van der Waals surface area contributed by atoms with Gasteiger partial charge in [0.05, 0.1) is 0 Å². The van der Waals surface area contributed by atoms with Gasteiger partial charge in [0.1, 0.15) is 0 Å². The number of carbonyl (C=O) groups excluding carboxylic acids is 1. The number of amides is 1. The summed E-state index contributed by atoms with van der Waals surface area (Å²) in [7, 11) is 5.36. The van der Waals surface area contributed by atoms with Crippen molar-refractivity contribution >= 4 is 5.91 Å². The van der Waals surface area contributed by atoms with Crippen LogP contribution >= 0.6 is 0 Å². The van der Waals surface area contributed by atoms with E-state index in [0.717, 1.165) is 6.54 Å². The summed E-state index contributed by atoms with van der Waals surface area (Å²) in [6.45, 7) is 0.761. The van der Waals surface area contributed by atoms with Crippen LogP contribution in [0.15, 0.2) is 0 Å². The van der Waals surface area contributed by atoms with Crippen molar-refractivity contribution in [3.05, 3.63) is 0 Å². The van der Waals surface area contributed by atoms with Crippen molar-refractivity contribution in [2.75, 3.05) is 27.7 Å². The van der Waals surface area contributed by atoms with Gasteiger partial charge in [-0.2, -0.15) is 0 Å². The zero-order valence-electron chi connectivity index (χ0n) is 6.27. The Morgan fingerprint density at radius 3 is 2.44 bits per heavy atom. The van der Waals surface area contributed by atoms with Crippen molar-refractivity contribution in [2.45, 2.75) is 6.42 Å². The highest BCUT2D eigenvalue weighted by atomic mass is 16.2. The van der Waals surface area contributed by atoms with Crippen molar-refractivity contribution in [1.82, 2.24) is 10.2 Å². The van der Waals surface area contributed by atoms with Gasteiger partial charge in [-0.3, -0.25) is 4.79 Å². The molecule has 0 aliphatic carbocycles. The molecule has 0 aromatic carbocycles. The van der Waals surface area contributed by atoms with Crippen LogP contribution in [0.4, 0.5) is 0 Å². The average molecular weight is 130 g/mol. The normalized spacial score (nSPS) is 9.22. The molecule has 3 nitrogen and oxygen atoms in total. The maximum absolute atomic E-state index is 10.8. The molecule has 1 N–H and O–H groups in total. The lowest BCUT2D eigenvalue weighted by molar-refractivity contribution is -0.128. The van der Waals surface area contributed by atoms with Gasteiger partial charge in [0, 0.05) is 27.1 Å². The Labute approximate surface area is 56.0 Å². The second kappa shape index (κ2) is 4.32. The first-order valence-electron chi connectivity index (χ1n) is 3.03. The Hall–Kier alpha value is -0.570. The zero-order valence-corrected chi connectivity index (χ0v) is 6.27. The molecule has 0 atom stereocenters. The molecule has 0 saturated heterocycles. The van der Waals surface area contributed by atoms with E-state index >= 15 is 0 Å². The van der Waals surface area contributed by atoms with E-state index in [0.29, 0.717) is 6.42 Å². The maximum atomic E-state index is 10.8. The zero-order chi connectivity index (χ0) is 7.28. The lowest BCUT2D eigenvalue weighted by atomic mass is 10.4. The van der Waals surface area contributed by atoms with Gasteiger partial charge in [0.15, 0.2) is 0 Å². The highest BCUT2D eigenvalue weighted by Crippen LogP contribution is 1.82. The Morgan fingerprint density at radius 2 is 2.11 bits per heavy atom. The molecule has 0 unspecified atom stereocenters. The van der Waals surface area contributed by atoms with Gasteiger partial charge >= 0.3 is 0 Å². The molecule has 54 valence electrons. The van der Waals surface area contributed by atoms with Crippen LogP contribution in [0.1, 0.15) is 6.42 Å². The molecule has 0 spiro atoms. The van der Waals surface area contributed by atoms with Crippen LogP contribution < -0.4 is 5.32 Å². The molecule has 0 aliphatic heterocycles. The van der Waals surface area contributed by atoms with Crippen LogP contribution in [0, 0.1) is 0 Å². The minimum atomic E-state index is 0.171. The molecule has 0 aromatic rings. The summed E-state index contributed by atoms with van der Waals surface area (Å²) in [5.74, 6) is 0.171. The van der Waals surface area contributed by atoms with Gasteiger partial charge in [-0.05, 0) is 7.05 Å². The Kier molecular flexibility index (Phi) is 4.05. The van der Waals surface area contributed by atoms with Crippen LogP contribution in [0.5, 0.6) is 0 Å². The molecule has 0 fully saturated rings. The maximum Gasteiger partial charge on any atom is 0.223 e. The topological polar surface area (TPSA) is 32.3 Å². The van der Waals surface area contributed by atoms with Gasteiger partial charge in [-0.1, -0.05) is 0 Å². The van der Waals surface area contributed by atoms with Crippen LogP contribution in [0.2, 0.25) is 0 Å². The van der Waals surface area contributed by atoms with E-state index in [9.17, 15) is 4.79 Å². The van der Waals surface area contributed by atoms with Crippen molar-refractivity contribution in [3.8, 4) is 0 Å². The number of rotatable bonds is 3. The summed E-state index contributed by atoms with van der Waals surface area (Å²) in [5, 5.41) is 2.91. The predicted octanol–water partition coefficient (Wildman–Crippen LogP) is -0.316. The third kappa shape index (κ3) is 3.97. The third-order valence-corrected chi connectivity index (χ3v) is 1.09. The first-order chi connectivity index (χ1) is 4.18. The fourth-order valence-electron chi connectivity index (χ4n) is 0.456. The molecular weight excluding hydrogens is 116 g/mol. The minimum Gasteiger partial charge on any atom is -0.349 e. The summed E-state index contributed by atoms with van der Waals surface area (Å²) >= 11 is 0. The van der Waals surface area contributed by atoms with E-state index in [1.54, 1.807) is 19.0 Å². The van der Waals surface area contributed by atoms with Crippen LogP contribution in [0.3, 0.4) is 0 Å². The van der Waals surface area contributed by atoms with Gasteiger partial charge in [-0.25, -0.2) is 0 Å². The van der Waals surface area contributed by atoms with E-state index in [1.165, 1.54) is 0 Å². The quantitative estimate of drug-likeness (QED) is 0.568. The van der Waals surface area contributed by atoms with E-state index in [2.05, 4.69) is 5.32 Å². The van der Waals surface area contributed by atoms with Crippen LogP contribution in [0.25, 0.3) is 0 Å². The monoisotopic (exact) mass is 130 g/mol. The van der Waals surface area contributed by atoms with Crippen LogP contribution in [-0.4, -0.2) is 38.5 Å². The van der Waals surface area contributed by atoms with E-state index < -0.39 is 0 Å². The summed E-state index contributed by atoms with van der Waals surface area (Å²) in [4.78, 5) is 12.4. The molecule has 0 heterocycles. The molecule has 0 saturated carbocycles. The molecule has 0 aromatic heterocycles. The molecule has 3 heteroatoms. The van der Waals surface area contributed by atoms with Gasteiger partial charge in [0.25, 0.3) is 0 Å². The highest BCUT2D eigenvalue weighted by Gasteiger charge is 2.00. The summed E-state index contributed by atoms with van der Waals surface area (Å²) in [5.41, 5.74) is 0. The lowest BCUT2D eigenvalue weighted by Gasteiger charge is -2.08. The molecule has 0 aliphatic rings. The first kappa shape index (κ1) is 8.43. The number of nitrogens with zero attached hydrogens (tertiary/aromatic N) is 1. The lowest BCUT2D eigenvalue weighted by Crippen LogP contribution is -2.25. The van der Waals surface area contributed by atoms with Crippen molar-refractivity contribution < 1.29 is 4.79 Å². The molecule has 1 amide bonds. The number of hydrogen-bond acceptors (Lipinski definition) is 2. The smallest absolute Gasteiger partial charge is 0.223 e. The highest BCUT2D eigenvalue weighted by molar-refractivity contribution is 5.75. The van der Waals surface area contributed by atoms with Gasteiger partial charge < -0.3 is 10.2 Å².